The van der Waals surface area contributed by atoms with Gasteiger partial charge in [0.1, 0.15) is 17.3 Å². The van der Waals surface area contributed by atoms with Crippen LogP contribution in [-0.4, -0.2) is 13.3 Å². The highest BCUT2D eigenvalue weighted by Crippen LogP contribution is 2.26. The highest BCUT2D eigenvalue weighted by molar-refractivity contribution is 5.76. The van der Waals surface area contributed by atoms with Crippen molar-refractivity contribution in [3.63, 3.8) is 0 Å². The summed E-state index contributed by atoms with van der Waals surface area (Å²) in [4.78, 5) is 4.49. The number of ether oxygens (including phenoxy) is 1. The van der Waals surface area contributed by atoms with Crippen molar-refractivity contribution in [1.82, 2.24) is 0 Å². The quantitative estimate of drug-likeness (QED) is 0.766. The van der Waals surface area contributed by atoms with Gasteiger partial charge in [0.2, 0.25) is 0 Å². The molecule has 3 heteroatoms. The number of hydrogen-bond donors (Lipinski definition) is 0. The molecule has 94 valence electrons. The van der Waals surface area contributed by atoms with Gasteiger partial charge in [-0.25, -0.2) is 0 Å². The maximum Gasteiger partial charge on any atom is 0.144 e. The average Bonchev–Trinajstić information content (AvgIpc) is 2.81. The SMILES string of the molecule is COc1ccccc1C(C)N=Cc1ccc(C)o1. The highest BCUT2D eigenvalue weighted by atomic mass is 16.5. The summed E-state index contributed by atoms with van der Waals surface area (Å²) in [5.41, 5.74) is 1.07. The monoisotopic (exact) mass is 243 g/mol. The van der Waals surface area contributed by atoms with Crippen LogP contribution in [0.5, 0.6) is 5.75 Å². The van der Waals surface area contributed by atoms with Gasteiger partial charge in [0, 0.05) is 5.56 Å². The first-order valence-corrected chi connectivity index (χ1v) is 5.93. The van der Waals surface area contributed by atoms with E-state index in [1.807, 2.05) is 50.2 Å². The molecule has 1 heterocycles. The van der Waals surface area contributed by atoms with Crippen molar-refractivity contribution in [2.75, 3.05) is 7.11 Å². The molecule has 0 saturated heterocycles. The molecule has 1 atom stereocenters. The number of para-hydroxylation sites is 1. The molecule has 1 aromatic heterocycles. The summed E-state index contributed by atoms with van der Waals surface area (Å²) in [5, 5.41) is 0. The molecule has 0 saturated carbocycles. The Bertz CT molecular complexity index is 543. The van der Waals surface area contributed by atoms with E-state index in [2.05, 4.69) is 4.99 Å². The number of aliphatic imine (C=N–C) groups is 1. The third-order valence-corrected chi connectivity index (χ3v) is 2.78. The lowest BCUT2D eigenvalue weighted by molar-refractivity contribution is 0.407. The van der Waals surface area contributed by atoms with E-state index < -0.39 is 0 Å². The Morgan fingerprint density at radius 3 is 2.67 bits per heavy atom. The Labute approximate surface area is 107 Å². The largest absolute Gasteiger partial charge is 0.496 e. The molecule has 3 nitrogen and oxygen atoms in total. The zero-order valence-electron chi connectivity index (χ0n) is 10.9. The normalized spacial score (nSPS) is 12.8. The number of hydrogen-bond acceptors (Lipinski definition) is 3. The van der Waals surface area contributed by atoms with Gasteiger partial charge in [-0.05, 0) is 32.0 Å². The fourth-order valence-corrected chi connectivity index (χ4v) is 1.80. The van der Waals surface area contributed by atoms with E-state index in [-0.39, 0.29) is 6.04 Å². The number of benzene rings is 1. The van der Waals surface area contributed by atoms with E-state index in [9.17, 15) is 0 Å². The Kier molecular flexibility index (Phi) is 3.82. The van der Waals surface area contributed by atoms with Crippen LogP contribution < -0.4 is 4.74 Å². The summed E-state index contributed by atoms with van der Waals surface area (Å²) in [6.07, 6.45) is 1.75. The maximum atomic E-state index is 5.45. The van der Waals surface area contributed by atoms with Crippen LogP contribution >= 0.6 is 0 Å². The Hall–Kier alpha value is -2.03. The summed E-state index contributed by atoms with van der Waals surface area (Å²) < 4.78 is 10.8. The molecular formula is C15H17NO2. The predicted molar refractivity (Wildman–Crippen MR) is 72.4 cm³/mol. The zero-order chi connectivity index (χ0) is 13.0. The van der Waals surface area contributed by atoms with Gasteiger partial charge in [0.05, 0.1) is 19.4 Å². The molecule has 0 radical (unpaired) electrons. The maximum absolute atomic E-state index is 5.45. The number of methoxy groups -OCH3 is 1. The molecule has 1 unspecified atom stereocenters. The van der Waals surface area contributed by atoms with Crippen LogP contribution in [0.25, 0.3) is 0 Å². The van der Waals surface area contributed by atoms with Crippen molar-refractivity contribution < 1.29 is 9.15 Å². The van der Waals surface area contributed by atoms with Gasteiger partial charge < -0.3 is 9.15 Å². The van der Waals surface area contributed by atoms with Gasteiger partial charge in [-0.1, -0.05) is 18.2 Å². The Morgan fingerprint density at radius 1 is 1.22 bits per heavy atom. The molecule has 0 N–H and O–H groups in total. The number of rotatable bonds is 4. The summed E-state index contributed by atoms with van der Waals surface area (Å²) in [7, 11) is 1.67. The second-order valence-electron chi connectivity index (χ2n) is 4.14. The van der Waals surface area contributed by atoms with E-state index in [1.54, 1.807) is 13.3 Å². The summed E-state index contributed by atoms with van der Waals surface area (Å²) >= 11 is 0. The Morgan fingerprint density at radius 2 is 2.00 bits per heavy atom. The van der Waals surface area contributed by atoms with Crippen LogP contribution in [0, 0.1) is 6.92 Å². The van der Waals surface area contributed by atoms with Crippen LogP contribution in [0.1, 0.15) is 30.0 Å². The van der Waals surface area contributed by atoms with Gasteiger partial charge in [0.25, 0.3) is 0 Å². The first kappa shape index (κ1) is 12.4. The third kappa shape index (κ3) is 2.80. The van der Waals surface area contributed by atoms with E-state index in [4.69, 9.17) is 9.15 Å². The minimum absolute atomic E-state index is 0.0338. The summed E-state index contributed by atoms with van der Waals surface area (Å²) in [5.74, 6) is 2.52. The van der Waals surface area contributed by atoms with Gasteiger partial charge in [-0.3, -0.25) is 4.99 Å². The van der Waals surface area contributed by atoms with E-state index in [0.717, 1.165) is 22.8 Å². The number of nitrogens with zero attached hydrogens (tertiary/aromatic N) is 1. The molecule has 1 aromatic carbocycles. The van der Waals surface area contributed by atoms with Crippen LogP contribution in [0.4, 0.5) is 0 Å². The van der Waals surface area contributed by atoms with E-state index in [0.29, 0.717) is 0 Å². The molecule has 2 rings (SSSR count). The lowest BCUT2D eigenvalue weighted by Gasteiger charge is -2.11. The molecule has 0 amide bonds. The molecule has 0 spiro atoms. The van der Waals surface area contributed by atoms with E-state index >= 15 is 0 Å². The average molecular weight is 243 g/mol. The second-order valence-corrected chi connectivity index (χ2v) is 4.14. The fourth-order valence-electron chi connectivity index (χ4n) is 1.80. The standard InChI is InChI=1S/C15H17NO2/c1-11-8-9-13(18-11)10-16-12(2)14-6-4-5-7-15(14)17-3/h4-10,12H,1-3H3. The van der Waals surface area contributed by atoms with Crippen LogP contribution in [-0.2, 0) is 0 Å². The minimum atomic E-state index is 0.0338. The molecule has 0 aliphatic carbocycles. The van der Waals surface area contributed by atoms with Crippen molar-refractivity contribution in [2.45, 2.75) is 19.9 Å². The van der Waals surface area contributed by atoms with Crippen molar-refractivity contribution in [3.8, 4) is 5.75 Å². The van der Waals surface area contributed by atoms with Gasteiger partial charge in [0.15, 0.2) is 0 Å². The smallest absolute Gasteiger partial charge is 0.144 e. The van der Waals surface area contributed by atoms with Gasteiger partial charge >= 0.3 is 0 Å². The predicted octanol–water partition coefficient (Wildman–Crippen LogP) is 3.78. The van der Waals surface area contributed by atoms with Crippen molar-refractivity contribution in [3.05, 3.63) is 53.5 Å². The van der Waals surface area contributed by atoms with Gasteiger partial charge in [-0.2, -0.15) is 0 Å². The third-order valence-electron chi connectivity index (χ3n) is 2.78. The summed E-state index contributed by atoms with van der Waals surface area (Å²) in [6.45, 7) is 3.95. The zero-order valence-corrected chi connectivity index (χ0v) is 10.9. The minimum Gasteiger partial charge on any atom is -0.496 e. The highest BCUT2D eigenvalue weighted by Gasteiger charge is 2.08. The first-order valence-electron chi connectivity index (χ1n) is 5.93. The molecule has 0 bridgehead atoms. The summed E-state index contributed by atoms with van der Waals surface area (Å²) in [6, 6.07) is 11.8. The van der Waals surface area contributed by atoms with Crippen LogP contribution in [0.15, 0.2) is 45.8 Å². The lowest BCUT2D eigenvalue weighted by atomic mass is 10.1. The Balaban J connectivity index is 2.16. The van der Waals surface area contributed by atoms with Crippen LogP contribution in [0.3, 0.4) is 0 Å². The molecule has 0 aliphatic heterocycles. The molecule has 18 heavy (non-hydrogen) atoms. The topological polar surface area (TPSA) is 34.7 Å². The number of furan rings is 1. The molecule has 2 aromatic rings. The fraction of sp³-hybridized carbons (Fsp3) is 0.267. The molecular weight excluding hydrogens is 226 g/mol. The van der Waals surface area contributed by atoms with Crippen molar-refractivity contribution >= 4 is 6.21 Å². The van der Waals surface area contributed by atoms with Crippen molar-refractivity contribution in [1.29, 1.82) is 0 Å². The van der Waals surface area contributed by atoms with Gasteiger partial charge in [-0.15, -0.1) is 0 Å². The first-order chi connectivity index (χ1) is 8.70. The lowest BCUT2D eigenvalue weighted by Crippen LogP contribution is -1.95. The molecule has 0 aliphatic rings. The van der Waals surface area contributed by atoms with Crippen LogP contribution in [0.2, 0.25) is 0 Å². The van der Waals surface area contributed by atoms with E-state index in [1.165, 1.54) is 0 Å². The van der Waals surface area contributed by atoms with Crippen molar-refractivity contribution in [2.24, 2.45) is 4.99 Å². The molecule has 0 fully saturated rings. The second kappa shape index (κ2) is 5.54. The number of aryl methyl sites for hydroxylation is 1.